The Bertz CT molecular complexity index is 478. The van der Waals surface area contributed by atoms with Crippen LogP contribution in [-0.4, -0.2) is 23.0 Å². The summed E-state index contributed by atoms with van der Waals surface area (Å²) in [5.74, 6) is 0.0508. The fourth-order valence-electron chi connectivity index (χ4n) is 2.76. The lowest BCUT2D eigenvalue weighted by atomic mass is 9.84. The number of rotatable bonds is 5. The summed E-state index contributed by atoms with van der Waals surface area (Å²) in [6.07, 6.45) is 7.81. The Hall–Kier alpha value is -1.85. The normalized spacial score (nSPS) is 17.6. The maximum Gasteiger partial charge on any atom is 0.257 e. The van der Waals surface area contributed by atoms with E-state index in [1.54, 1.807) is 6.92 Å². The van der Waals surface area contributed by atoms with Crippen LogP contribution in [0.4, 0.5) is 0 Å². The minimum atomic E-state index is -0.625. The van der Waals surface area contributed by atoms with Gasteiger partial charge < -0.3 is 15.6 Å². The third kappa shape index (κ3) is 3.59. The van der Waals surface area contributed by atoms with Crippen LogP contribution in [-0.2, 0) is 4.79 Å². The second kappa shape index (κ2) is 6.54. The highest BCUT2D eigenvalue weighted by Crippen LogP contribution is 2.27. The van der Waals surface area contributed by atoms with Crippen molar-refractivity contribution in [2.24, 2.45) is 11.7 Å². The Labute approximate surface area is 118 Å². The number of amides is 2. The van der Waals surface area contributed by atoms with Crippen LogP contribution >= 0.6 is 0 Å². The van der Waals surface area contributed by atoms with E-state index >= 15 is 0 Å². The van der Waals surface area contributed by atoms with Crippen molar-refractivity contribution in [1.82, 2.24) is 10.5 Å². The summed E-state index contributed by atoms with van der Waals surface area (Å²) in [4.78, 5) is 23.6. The van der Waals surface area contributed by atoms with Crippen LogP contribution in [0.2, 0.25) is 0 Å². The Balaban J connectivity index is 1.96. The standard InChI is InChI=1S/C14H21N3O3/c1-9-11(8-16-20-9)14(19)17-12(13(15)18)7-10-5-3-2-4-6-10/h8,10,12H,2-7H2,1H3,(H2,15,18)(H,17,19)/t12-/m0/s1. The van der Waals surface area contributed by atoms with Gasteiger partial charge in [0.15, 0.2) is 0 Å². The molecule has 0 bridgehead atoms. The van der Waals surface area contributed by atoms with Gasteiger partial charge in [-0.15, -0.1) is 0 Å². The molecule has 6 heteroatoms. The number of hydrogen-bond acceptors (Lipinski definition) is 4. The van der Waals surface area contributed by atoms with Crippen LogP contribution in [0.3, 0.4) is 0 Å². The van der Waals surface area contributed by atoms with Gasteiger partial charge in [-0.3, -0.25) is 9.59 Å². The monoisotopic (exact) mass is 279 g/mol. The molecule has 2 rings (SSSR count). The number of aryl methyl sites for hydroxylation is 1. The molecule has 3 N–H and O–H groups in total. The van der Waals surface area contributed by atoms with Crippen molar-refractivity contribution in [3.63, 3.8) is 0 Å². The van der Waals surface area contributed by atoms with Crippen molar-refractivity contribution in [2.45, 2.75) is 51.5 Å². The predicted octanol–water partition coefficient (Wildman–Crippen LogP) is 1.54. The van der Waals surface area contributed by atoms with Gasteiger partial charge in [-0.05, 0) is 19.3 Å². The van der Waals surface area contributed by atoms with Gasteiger partial charge in [-0.25, -0.2) is 0 Å². The molecule has 0 saturated heterocycles. The quantitative estimate of drug-likeness (QED) is 0.854. The molecule has 1 aromatic rings. The number of carbonyl (C=O) groups excluding carboxylic acids is 2. The van der Waals surface area contributed by atoms with E-state index < -0.39 is 11.9 Å². The Kier molecular flexibility index (Phi) is 4.76. The van der Waals surface area contributed by atoms with E-state index in [1.165, 1.54) is 25.5 Å². The molecule has 2 amide bonds. The zero-order valence-corrected chi connectivity index (χ0v) is 11.7. The molecule has 1 fully saturated rings. The molecule has 0 radical (unpaired) electrons. The molecule has 1 aliphatic carbocycles. The topological polar surface area (TPSA) is 98.2 Å². The average Bonchev–Trinajstić information content (AvgIpc) is 2.85. The Morgan fingerprint density at radius 1 is 1.45 bits per heavy atom. The summed E-state index contributed by atoms with van der Waals surface area (Å²) < 4.78 is 4.85. The van der Waals surface area contributed by atoms with E-state index in [9.17, 15) is 9.59 Å². The highest BCUT2D eigenvalue weighted by molar-refractivity contribution is 5.97. The van der Waals surface area contributed by atoms with E-state index in [-0.39, 0.29) is 5.91 Å². The molecule has 1 aliphatic rings. The first-order chi connectivity index (χ1) is 9.58. The molecule has 110 valence electrons. The number of primary amides is 1. The molecule has 0 spiro atoms. The molecule has 0 unspecified atom stereocenters. The van der Waals surface area contributed by atoms with Gasteiger partial charge in [0.2, 0.25) is 5.91 Å². The van der Waals surface area contributed by atoms with Gasteiger partial charge in [-0.1, -0.05) is 37.3 Å². The first-order valence-electron chi connectivity index (χ1n) is 7.09. The summed E-state index contributed by atoms with van der Waals surface area (Å²) in [7, 11) is 0. The lowest BCUT2D eigenvalue weighted by Crippen LogP contribution is -2.45. The lowest BCUT2D eigenvalue weighted by Gasteiger charge is -2.25. The Morgan fingerprint density at radius 3 is 2.70 bits per heavy atom. The summed E-state index contributed by atoms with van der Waals surface area (Å²) in [6, 6.07) is -0.625. The number of nitrogens with one attached hydrogen (secondary N) is 1. The van der Waals surface area contributed by atoms with E-state index in [0.717, 1.165) is 12.8 Å². The zero-order valence-electron chi connectivity index (χ0n) is 11.7. The van der Waals surface area contributed by atoms with Crippen molar-refractivity contribution in [2.75, 3.05) is 0 Å². The van der Waals surface area contributed by atoms with Gasteiger partial charge in [0.25, 0.3) is 5.91 Å². The molecule has 1 saturated carbocycles. The number of nitrogens with zero attached hydrogens (tertiary/aromatic N) is 1. The smallest absolute Gasteiger partial charge is 0.257 e. The first-order valence-corrected chi connectivity index (χ1v) is 7.09. The van der Waals surface area contributed by atoms with Crippen molar-refractivity contribution in [1.29, 1.82) is 0 Å². The maximum absolute atomic E-state index is 12.1. The van der Waals surface area contributed by atoms with Crippen molar-refractivity contribution in [3.8, 4) is 0 Å². The van der Waals surface area contributed by atoms with Crippen LogP contribution in [0, 0.1) is 12.8 Å². The summed E-state index contributed by atoms with van der Waals surface area (Å²) >= 11 is 0. The third-order valence-corrected chi connectivity index (χ3v) is 3.94. The fourth-order valence-corrected chi connectivity index (χ4v) is 2.76. The lowest BCUT2D eigenvalue weighted by molar-refractivity contribution is -0.120. The molecule has 1 aromatic heterocycles. The fraction of sp³-hybridized carbons (Fsp3) is 0.643. The van der Waals surface area contributed by atoms with Gasteiger partial charge in [-0.2, -0.15) is 0 Å². The predicted molar refractivity (Wildman–Crippen MR) is 72.9 cm³/mol. The number of nitrogens with two attached hydrogens (primary N) is 1. The second-order valence-electron chi connectivity index (χ2n) is 5.46. The van der Waals surface area contributed by atoms with Crippen LogP contribution in [0.1, 0.15) is 54.6 Å². The van der Waals surface area contributed by atoms with Gasteiger partial charge in [0.05, 0.1) is 6.20 Å². The highest BCUT2D eigenvalue weighted by atomic mass is 16.5. The second-order valence-corrected chi connectivity index (χ2v) is 5.46. The SMILES string of the molecule is Cc1oncc1C(=O)N[C@@H](CC1CCCCC1)C(N)=O. The molecule has 1 atom stereocenters. The molecular formula is C14H21N3O3. The van der Waals surface area contributed by atoms with Crippen molar-refractivity contribution >= 4 is 11.8 Å². The van der Waals surface area contributed by atoms with Crippen molar-refractivity contribution in [3.05, 3.63) is 17.5 Å². The molecule has 6 nitrogen and oxygen atoms in total. The van der Waals surface area contributed by atoms with Crippen LogP contribution < -0.4 is 11.1 Å². The largest absolute Gasteiger partial charge is 0.368 e. The van der Waals surface area contributed by atoms with Crippen LogP contribution in [0.25, 0.3) is 0 Å². The summed E-state index contributed by atoms with van der Waals surface area (Å²) in [5, 5.41) is 6.25. The van der Waals surface area contributed by atoms with E-state index in [1.807, 2.05) is 0 Å². The molecule has 20 heavy (non-hydrogen) atoms. The van der Waals surface area contributed by atoms with Crippen molar-refractivity contribution < 1.29 is 14.1 Å². The third-order valence-electron chi connectivity index (χ3n) is 3.94. The molecule has 1 heterocycles. The van der Waals surface area contributed by atoms with E-state index in [2.05, 4.69) is 10.5 Å². The number of hydrogen-bond donors (Lipinski definition) is 2. The van der Waals surface area contributed by atoms with Gasteiger partial charge in [0.1, 0.15) is 17.4 Å². The van der Waals surface area contributed by atoms with Gasteiger partial charge >= 0.3 is 0 Å². The number of carbonyl (C=O) groups is 2. The maximum atomic E-state index is 12.1. The molecular weight excluding hydrogens is 258 g/mol. The average molecular weight is 279 g/mol. The number of aromatic nitrogens is 1. The van der Waals surface area contributed by atoms with Gasteiger partial charge in [0, 0.05) is 0 Å². The van der Waals surface area contributed by atoms with E-state index in [4.69, 9.17) is 10.3 Å². The summed E-state index contributed by atoms with van der Waals surface area (Å²) in [6.45, 7) is 1.66. The van der Waals surface area contributed by atoms with E-state index in [0.29, 0.717) is 23.7 Å². The molecule has 0 aliphatic heterocycles. The minimum absolute atomic E-state index is 0.347. The highest BCUT2D eigenvalue weighted by Gasteiger charge is 2.25. The Morgan fingerprint density at radius 2 is 2.15 bits per heavy atom. The first kappa shape index (κ1) is 14.6. The zero-order chi connectivity index (χ0) is 14.5. The van der Waals surface area contributed by atoms with Crippen LogP contribution in [0.5, 0.6) is 0 Å². The van der Waals surface area contributed by atoms with Crippen LogP contribution in [0.15, 0.2) is 10.7 Å². The summed E-state index contributed by atoms with van der Waals surface area (Å²) in [5.41, 5.74) is 5.75. The minimum Gasteiger partial charge on any atom is -0.368 e. The molecule has 0 aromatic carbocycles.